The number of benzene rings is 6. The van der Waals surface area contributed by atoms with Crippen molar-refractivity contribution >= 4 is 22.3 Å². The summed E-state index contributed by atoms with van der Waals surface area (Å²) in [5.74, 6) is 1.75. The molecule has 208 valence electrons. The van der Waals surface area contributed by atoms with E-state index in [-0.39, 0.29) is 18.6 Å². The van der Waals surface area contributed by atoms with Crippen LogP contribution in [0.1, 0.15) is 40.8 Å². The number of para-hydroxylation sites is 2. The average Bonchev–Trinajstić information content (AvgIpc) is 3.53. The Labute approximate surface area is 250 Å². The Bertz CT molecular complexity index is 1910. The molecule has 8 rings (SSSR count). The van der Waals surface area contributed by atoms with Gasteiger partial charge >= 0.3 is 0 Å². The Morgan fingerprint density at radius 3 is 2.09 bits per heavy atom. The first-order valence-corrected chi connectivity index (χ1v) is 14.7. The van der Waals surface area contributed by atoms with Crippen LogP contribution in [0, 0.1) is 0 Å². The normalized spacial score (nSPS) is 19.1. The van der Waals surface area contributed by atoms with Gasteiger partial charge < -0.3 is 15.4 Å². The fourth-order valence-corrected chi connectivity index (χ4v) is 6.09. The first-order valence-electron chi connectivity index (χ1n) is 14.7. The zero-order valence-electron chi connectivity index (χ0n) is 23.4. The van der Waals surface area contributed by atoms with Gasteiger partial charge in [-0.3, -0.25) is 5.32 Å². The summed E-state index contributed by atoms with van der Waals surface area (Å²) in [5.41, 5.74) is 7.79. The van der Waals surface area contributed by atoms with Crippen LogP contribution in [0.15, 0.2) is 151 Å². The predicted molar refractivity (Wildman–Crippen MR) is 174 cm³/mol. The van der Waals surface area contributed by atoms with Crippen molar-refractivity contribution in [3.8, 4) is 16.9 Å². The van der Waals surface area contributed by atoms with Gasteiger partial charge in [-0.2, -0.15) is 0 Å². The fraction of sp³-hybridized carbons (Fsp3) is 0.0789. The van der Waals surface area contributed by atoms with E-state index in [1.54, 1.807) is 0 Å². The second kappa shape index (κ2) is 10.8. The maximum atomic E-state index is 6.18. The number of amidine groups is 1. The predicted octanol–water partition coefficient (Wildman–Crippen LogP) is 8.35. The number of hydrogen-bond donors (Lipinski definition) is 3. The minimum Gasteiger partial charge on any atom is -0.464 e. The van der Waals surface area contributed by atoms with Gasteiger partial charge in [-0.15, -0.1) is 0 Å². The van der Waals surface area contributed by atoms with E-state index in [4.69, 9.17) is 9.73 Å². The van der Waals surface area contributed by atoms with Gasteiger partial charge in [-0.05, 0) is 39.6 Å². The average molecular weight is 559 g/mol. The van der Waals surface area contributed by atoms with E-state index in [9.17, 15) is 0 Å². The third-order valence-corrected chi connectivity index (χ3v) is 8.23. The van der Waals surface area contributed by atoms with Gasteiger partial charge in [-0.25, -0.2) is 4.99 Å². The Balaban J connectivity index is 1.21. The molecule has 0 bridgehead atoms. The van der Waals surface area contributed by atoms with Crippen molar-refractivity contribution in [2.75, 3.05) is 5.32 Å². The summed E-state index contributed by atoms with van der Waals surface area (Å²) in [5, 5.41) is 13.5. The summed E-state index contributed by atoms with van der Waals surface area (Å²) in [6.07, 6.45) is -0.599. The van der Waals surface area contributed by atoms with Gasteiger partial charge in [0.1, 0.15) is 23.9 Å². The van der Waals surface area contributed by atoms with Gasteiger partial charge in [0.15, 0.2) is 6.23 Å². The van der Waals surface area contributed by atoms with Crippen molar-refractivity contribution in [3.05, 3.63) is 168 Å². The quantitative estimate of drug-likeness (QED) is 0.199. The molecule has 0 saturated carbocycles. The molecule has 2 heterocycles. The Hall–Kier alpha value is -5.39. The third kappa shape index (κ3) is 4.80. The molecule has 3 unspecified atom stereocenters. The highest BCUT2D eigenvalue weighted by Crippen LogP contribution is 2.40. The van der Waals surface area contributed by atoms with Crippen LogP contribution in [0.3, 0.4) is 0 Å². The largest absolute Gasteiger partial charge is 0.464 e. The lowest BCUT2D eigenvalue weighted by Crippen LogP contribution is -2.45. The fourth-order valence-electron chi connectivity index (χ4n) is 6.09. The first-order chi connectivity index (χ1) is 21.3. The maximum absolute atomic E-state index is 6.18. The number of ether oxygens (including phenoxy) is 1. The standard InChI is InChI=1S/C38H30N4O/c1-3-12-27(13-4-1)35-40-36(28-14-5-2-6-15-28)42-37(41-35)34-30-16-8-7-11-25(30)23-24-31(34)26-19-21-29(22-20-26)38-39-32-17-9-10-18-33(32)43-38/h1-24,35,37-39,41H,(H,40,42). The molecule has 6 aromatic carbocycles. The van der Waals surface area contributed by atoms with E-state index < -0.39 is 0 Å². The number of nitrogens with zero attached hydrogens (tertiary/aromatic N) is 1. The molecular weight excluding hydrogens is 528 g/mol. The number of nitrogens with one attached hydrogen (secondary N) is 3. The maximum Gasteiger partial charge on any atom is 0.196 e. The minimum absolute atomic E-state index is 0.187. The topological polar surface area (TPSA) is 57.7 Å². The lowest BCUT2D eigenvalue weighted by molar-refractivity contribution is 0.260. The molecule has 0 saturated heterocycles. The molecule has 0 aromatic heterocycles. The summed E-state index contributed by atoms with van der Waals surface area (Å²) in [4.78, 5) is 5.13. The van der Waals surface area contributed by atoms with Crippen molar-refractivity contribution in [1.29, 1.82) is 0 Å². The van der Waals surface area contributed by atoms with Crippen LogP contribution in [0.4, 0.5) is 5.69 Å². The molecule has 2 aliphatic rings. The van der Waals surface area contributed by atoms with Crippen molar-refractivity contribution in [2.45, 2.75) is 18.6 Å². The number of anilines is 1. The highest BCUT2D eigenvalue weighted by atomic mass is 16.5. The van der Waals surface area contributed by atoms with Crippen LogP contribution < -0.4 is 20.7 Å². The van der Waals surface area contributed by atoms with Gasteiger partial charge in [0.05, 0.1) is 5.69 Å². The van der Waals surface area contributed by atoms with Crippen LogP contribution in [-0.2, 0) is 0 Å². The summed E-state index contributed by atoms with van der Waals surface area (Å²) in [6.45, 7) is 0. The van der Waals surface area contributed by atoms with Crippen LogP contribution in [0.25, 0.3) is 21.9 Å². The number of aliphatic imine (C=N–C) groups is 1. The Morgan fingerprint density at radius 1 is 0.558 bits per heavy atom. The molecule has 5 nitrogen and oxygen atoms in total. The second-order valence-corrected chi connectivity index (χ2v) is 10.9. The van der Waals surface area contributed by atoms with Crippen LogP contribution >= 0.6 is 0 Å². The molecule has 3 atom stereocenters. The van der Waals surface area contributed by atoms with Gasteiger partial charge in [-0.1, -0.05) is 133 Å². The SMILES string of the molecule is c1ccc(C2=NC(c3ccccc3)NC(c3c(-c4ccc(C5Nc6ccccc6O5)cc4)ccc4ccccc34)N2)cc1. The van der Waals surface area contributed by atoms with Crippen LogP contribution in [0.5, 0.6) is 5.75 Å². The van der Waals surface area contributed by atoms with E-state index in [1.165, 1.54) is 21.9 Å². The van der Waals surface area contributed by atoms with E-state index in [2.05, 4.69) is 125 Å². The number of fused-ring (bicyclic) bond motifs is 2. The summed E-state index contributed by atoms with van der Waals surface area (Å²) in [6, 6.07) is 50.6. The van der Waals surface area contributed by atoms with Gasteiger partial charge in [0.2, 0.25) is 0 Å². The van der Waals surface area contributed by atoms with Crippen molar-refractivity contribution in [3.63, 3.8) is 0 Å². The van der Waals surface area contributed by atoms with Crippen molar-refractivity contribution < 1.29 is 4.74 Å². The van der Waals surface area contributed by atoms with Crippen LogP contribution in [0.2, 0.25) is 0 Å². The first kappa shape index (κ1) is 25.3. The van der Waals surface area contributed by atoms with Crippen LogP contribution in [-0.4, -0.2) is 5.84 Å². The lowest BCUT2D eigenvalue weighted by atomic mass is 9.91. The molecule has 2 aliphatic heterocycles. The summed E-state index contributed by atoms with van der Waals surface area (Å²) < 4.78 is 6.18. The number of hydrogen-bond acceptors (Lipinski definition) is 5. The Kier molecular flexibility index (Phi) is 6.35. The smallest absolute Gasteiger partial charge is 0.196 e. The van der Waals surface area contributed by atoms with E-state index >= 15 is 0 Å². The zero-order chi connectivity index (χ0) is 28.6. The molecule has 6 aromatic rings. The second-order valence-electron chi connectivity index (χ2n) is 10.9. The molecule has 0 spiro atoms. The zero-order valence-corrected chi connectivity index (χ0v) is 23.4. The molecule has 43 heavy (non-hydrogen) atoms. The molecule has 5 heteroatoms. The van der Waals surface area contributed by atoms with Crippen molar-refractivity contribution in [1.82, 2.24) is 10.6 Å². The van der Waals surface area contributed by atoms with E-state index in [0.717, 1.165) is 39.5 Å². The number of rotatable bonds is 5. The van der Waals surface area contributed by atoms with E-state index in [0.29, 0.717) is 0 Å². The summed E-state index contributed by atoms with van der Waals surface area (Å²) >= 11 is 0. The Morgan fingerprint density at radius 2 is 1.28 bits per heavy atom. The summed E-state index contributed by atoms with van der Waals surface area (Å²) in [7, 11) is 0. The highest BCUT2D eigenvalue weighted by Gasteiger charge is 2.29. The molecule has 0 radical (unpaired) electrons. The molecule has 3 N–H and O–H groups in total. The third-order valence-electron chi connectivity index (χ3n) is 8.23. The van der Waals surface area contributed by atoms with Gasteiger partial charge in [0, 0.05) is 16.7 Å². The molecular formula is C38H30N4O. The molecule has 0 fully saturated rings. The highest BCUT2D eigenvalue weighted by molar-refractivity contribution is 6.00. The minimum atomic E-state index is -0.208. The molecule has 0 amide bonds. The van der Waals surface area contributed by atoms with Gasteiger partial charge in [0.25, 0.3) is 0 Å². The van der Waals surface area contributed by atoms with E-state index in [1.807, 2.05) is 36.4 Å². The monoisotopic (exact) mass is 558 g/mol. The lowest BCUT2D eigenvalue weighted by Gasteiger charge is -2.34. The van der Waals surface area contributed by atoms with Crippen molar-refractivity contribution in [2.24, 2.45) is 4.99 Å². The molecule has 0 aliphatic carbocycles.